The van der Waals surface area contributed by atoms with Crippen LogP contribution in [0.1, 0.15) is 26.7 Å². The van der Waals surface area contributed by atoms with Crippen LogP contribution >= 0.6 is 24.0 Å². The van der Waals surface area contributed by atoms with Crippen molar-refractivity contribution < 1.29 is 14.3 Å². The number of guanidine groups is 1. The summed E-state index contributed by atoms with van der Waals surface area (Å²) in [5.41, 5.74) is 0. The van der Waals surface area contributed by atoms with Crippen molar-refractivity contribution in [2.24, 2.45) is 22.7 Å². The van der Waals surface area contributed by atoms with Gasteiger partial charge in [-0.1, -0.05) is 6.92 Å². The minimum Gasteiger partial charge on any atom is -0.469 e. The van der Waals surface area contributed by atoms with Gasteiger partial charge in [0.1, 0.15) is 0 Å². The van der Waals surface area contributed by atoms with Crippen LogP contribution in [0.5, 0.6) is 0 Å². The Morgan fingerprint density at radius 2 is 1.96 bits per heavy atom. The van der Waals surface area contributed by atoms with Crippen LogP contribution in [0.2, 0.25) is 0 Å². The van der Waals surface area contributed by atoms with E-state index in [1.54, 1.807) is 0 Å². The molecule has 7 heteroatoms. The number of rotatable bonds is 4. The van der Waals surface area contributed by atoms with Gasteiger partial charge in [-0.05, 0) is 19.8 Å². The summed E-state index contributed by atoms with van der Waals surface area (Å²) >= 11 is 0. The second-order valence-electron chi connectivity index (χ2n) is 6.64. The molecule has 3 saturated heterocycles. The molecule has 2 bridgehead atoms. The molecule has 0 saturated carbocycles. The van der Waals surface area contributed by atoms with E-state index in [1.807, 2.05) is 6.92 Å². The lowest BCUT2D eigenvalue weighted by Crippen LogP contribution is -2.41. The van der Waals surface area contributed by atoms with Crippen molar-refractivity contribution >= 4 is 35.9 Å². The highest BCUT2D eigenvalue weighted by molar-refractivity contribution is 14.0. The van der Waals surface area contributed by atoms with Crippen molar-refractivity contribution in [3.8, 4) is 0 Å². The molecule has 0 aromatic heterocycles. The van der Waals surface area contributed by atoms with Gasteiger partial charge in [-0.3, -0.25) is 9.79 Å². The molecule has 3 aliphatic rings. The summed E-state index contributed by atoms with van der Waals surface area (Å²) in [5.74, 6) is 1.82. The fourth-order valence-electron chi connectivity index (χ4n) is 4.06. The number of halogens is 1. The molecule has 3 heterocycles. The van der Waals surface area contributed by atoms with Gasteiger partial charge in [0.15, 0.2) is 5.96 Å². The molecule has 23 heavy (non-hydrogen) atoms. The third kappa shape index (κ3) is 3.75. The molecule has 3 rings (SSSR count). The molecule has 3 fully saturated rings. The Balaban J connectivity index is 0.00000192. The van der Waals surface area contributed by atoms with Gasteiger partial charge in [-0.15, -0.1) is 24.0 Å². The Morgan fingerprint density at radius 1 is 1.35 bits per heavy atom. The summed E-state index contributed by atoms with van der Waals surface area (Å²) in [4.78, 5) is 18.5. The summed E-state index contributed by atoms with van der Waals surface area (Å²) in [6.07, 6.45) is 3.34. The lowest BCUT2D eigenvalue weighted by atomic mass is 9.82. The Bertz CT molecular complexity index is 442. The average molecular weight is 437 g/mol. The monoisotopic (exact) mass is 437 g/mol. The van der Waals surface area contributed by atoms with Crippen molar-refractivity contribution in [2.45, 2.75) is 38.9 Å². The van der Waals surface area contributed by atoms with Crippen LogP contribution in [0.4, 0.5) is 0 Å². The zero-order valence-corrected chi connectivity index (χ0v) is 16.5. The first kappa shape index (κ1) is 18.8. The standard InChI is InChI=1S/C16H27N3O3.HI/c1-4-17-16(18-7-10(2)15(20)21-3)19-8-11-12(9-19)14-6-5-13(11)22-14;/h10-14H,4-9H2,1-3H3,(H,17,18);1H. The summed E-state index contributed by atoms with van der Waals surface area (Å²) in [6, 6.07) is 0. The van der Waals surface area contributed by atoms with Gasteiger partial charge in [0.2, 0.25) is 0 Å². The predicted molar refractivity (Wildman–Crippen MR) is 99.0 cm³/mol. The van der Waals surface area contributed by atoms with Gasteiger partial charge in [-0.2, -0.15) is 0 Å². The van der Waals surface area contributed by atoms with Crippen LogP contribution in [0.25, 0.3) is 0 Å². The lowest BCUT2D eigenvalue weighted by molar-refractivity contribution is -0.144. The van der Waals surface area contributed by atoms with Crippen molar-refractivity contribution in [3.63, 3.8) is 0 Å². The molecule has 0 amide bonds. The highest BCUT2D eigenvalue weighted by Gasteiger charge is 2.53. The maximum atomic E-state index is 11.5. The number of fused-ring (bicyclic) bond motifs is 5. The first-order chi connectivity index (χ1) is 10.6. The van der Waals surface area contributed by atoms with E-state index < -0.39 is 0 Å². The smallest absolute Gasteiger partial charge is 0.310 e. The fourth-order valence-corrected chi connectivity index (χ4v) is 4.06. The van der Waals surface area contributed by atoms with Crippen LogP contribution in [0.15, 0.2) is 4.99 Å². The quantitative estimate of drug-likeness (QED) is 0.313. The molecule has 0 aromatic rings. The van der Waals surface area contributed by atoms with Gasteiger partial charge < -0.3 is 19.7 Å². The molecule has 132 valence electrons. The Morgan fingerprint density at radius 3 is 2.48 bits per heavy atom. The van der Waals surface area contributed by atoms with E-state index >= 15 is 0 Å². The number of ether oxygens (including phenoxy) is 2. The van der Waals surface area contributed by atoms with E-state index in [4.69, 9.17) is 9.47 Å². The summed E-state index contributed by atoms with van der Waals surface area (Å²) in [5, 5.41) is 3.36. The highest BCUT2D eigenvalue weighted by Crippen LogP contribution is 2.47. The molecular weight excluding hydrogens is 409 g/mol. The van der Waals surface area contributed by atoms with E-state index in [0.717, 1.165) is 25.6 Å². The highest BCUT2D eigenvalue weighted by atomic mass is 127. The number of carbonyl (C=O) groups is 1. The van der Waals surface area contributed by atoms with E-state index in [9.17, 15) is 4.79 Å². The maximum absolute atomic E-state index is 11.5. The third-order valence-electron chi connectivity index (χ3n) is 5.21. The van der Waals surface area contributed by atoms with Crippen molar-refractivity contribution in [1.29, 1.82) is 0 Å². The van der Waals surface area contributed by atoms with Gasteiger partial charge in [-0.25, -0.2) is 0 Å². The summed E-state index contributed by atoms with van der Waals surface area (Å²) in [6.45, 7) is 7.26. The number of hydrogen-bond donors (Lipinski definition) is 1. The largest absolute Gasteiger partial charge is 0.469 e. The van der Waals surface area contributed by atoms with Gasteiger partial charge >= 0.3 is 5.97 Å². The van der Waals surface area contributed by atoms with E-state index in [2.05, 4.69) is 22.1 Å². The molecule has 0 aliphatic carbocycles. The van der Waals surface area contributed by atoms with Crippen LogP contribution in [0.3, 0.4) is 0 Å². The zero-order valence-electron chi connectivity index (χ0n) is 14.2. The van der Waals surface area contributed by atoms with Crippen molar-refractivity contribution in [1.82, 2.24) is 10.2 Å². The molecular formula is C16H28IN3O3. The van der Waals surface area contributed by atoms with Gasteiger partial charge in [0.05, 0.1) is 31.8 Å². The van der Waals surface area contributed by atoms with Crippen LogP contribution in [0, 0.1) is 17.8 Å². The number of esters is 1. The number of hydrogen-bond acceptors (Lipinski definition) is 4. The van der Waals surface area contributed by atoms with Crippen molar-refractivity contribution in [3.05, 3.63) is 0 Å². The van der Waals surface area contributed by atoms with Crippen LogP contribution in [-0.4, -0.2) is 62.3 Å². The van der Waals surface area contributed by atoms with Gasteiger partial charge in [0, 0.05) is 31.5 Å². The van der Waals surface area contributed by atoms with E-state index in [1.165, 1.54) is 20.0 Å². The van der Waals surface area contributed by atoms with Gasteiger partial charge in [0.25, 0.3) is 0 Å². The fraction of sp³-hybridized carbons (Fsp3) is 0.875. The topological polar surface area (TPSA) is 63.2 Å². The number of likely N-dealkylation sites (tertiary alicyclic amines) is 1. The Hall–Kier alpha value is -0.570. The van der Waals surface area contributed by atoms with E-state index in [0.29, 0.717) is 30.6 Å². The molecule has 5 unspecified atom stereocenters. The molecule has 0 spiro atoms. The molecule has 5 atom stereocenters. The molecule has 6 nitrogen and oxygen atoms in total. The molecule has 3 aliphatic heterocycles. The second kappa shape index (κ2) is 8.00. The number of aliphatic imine (C=N–C) groups is 1. The Labute approximate surface area is 155 Å². The maximum Gasteiger partial charge on any atom is 0.310 e. The molecule has 1 N–H and O–H groups in total. The normalized spacial score (nSPS) is 33.2. The third-order valence-corrected chi connectivity index (χ3v) is 5.21. The average Bonchev–Trinajstić information content (AvgIpc) is 3.21. The van der Waals surface area contributed by atoms with Crippen LogP contribution in [-0.2, 0) is 14.3 Å². The van der Waals surface area contributed by atoms with Crippen LogP contribution < -0.4 is 5.32 Å². The summed E-state index contributed by atoms with van der Waals surface area (Å²) < 4.78 is 10.8. The number of carbonyl (C=O) groups excluding carboxylic acids is 1. The zero-order chi connectivity index (χ0) is 15.7. The first-order valence-corrected chi connectivity index (χ1v) is 8.40. The lowest BCUT2D eigenvalue weighted by Gasteiger charge is -2.23. The number of nitrogens with zero attached hydrogens (tertiary/aromatic N) is 2. The number of nitrogens with one attached hydrogen (secondary N) is 1. The minimum atomic E-state index is -0.208. The number of methoxy groups -OCH3 is 1. The molecule has 0 radical (unpaired) electrons. The van der Waals surface area contributed by atoms with E-state index in [-0.39, 0.29) is 35.9 Å². The second-order valence-corrected chi connectivity index (χ2v) is 6.64. The summed E-state index contributed by atoms with van der Waals surface area (Å²) in [7, 11) is 1.42. The first-order valence-electron chi connectivity index (χ1n) is 8.40. The predicted octanol–water partition coefficient (Wildman–Crippen LogP) is 1.49. The SMILES string of the molecule is CCNC(=NCC(C)C(=O)OC)N1CC2C3CCC(O3)C2C1.I. The minimum absolute atomic E-state index is 0. The van der Waals surface area contributed by atoms with Crippen molar-refractivity contribution in [2.75, 3.05) is 33.3 Å². The molecule has 0 aromatic carbocycles. The Kier molecular flexibility index (Phi) is 6.53.